The standard InChI is InChI=1S/C11H10N6O/c12-5-7-3-11(18)17-10(15-7)4-8(16-17)9-6-13-1-2-14-9/h1-4,6,16H,5,12H2. The molecule has 0 aliphatic heterocycles. The van der Waals surface area contributed by atoms with E-state index in [1.54, 1.807) is 24.7 Å². The number of hydrogen-bond donors (Lipinski definition) is 2. The largest absolute Gasteiger partial charge is 0.325 e. The third kappa shape index (κ3) is 1.66. The highest BCUT2D eigenvalue weighted by Gasteiger charge is 2.07. The molecule has 0 amide bonds. The molecule has 90 valence electrons. The van der Waals surface area contributed by atoms with Crippen LogP contribution in [-0.2, 0) is 6.54 Å². The van der Waals surface area contributed by atoms with E-state index in [9.17, 15) is 4.79 Å². The lowest BCUT2D eigenvalue weighted by Crippen LogP contribution is -2.16. The zero-order valence-electron chi connectivity index (χ0n) is 9.37. The predicted molar refractivity (Wildman–Crippen MR) is 64.7 cm³/mol. The number of fused-ring (bicyclic) bond motifs is 1. The zero-order valence-corrected chi connectivity index (χ0v) is 9.37. The van der Waals surface area contributed by atoms with Crippen LogP contribution >= 0.6 is 0 Å². The minimum atomic E-state index is -0.199. The molecule has 3 aromatic heterocycles. The molecule has 3 aromatic rings. The van der Waals surface area contributed by atoms with E-state index in [-0.39, 0.29) is 12.1 Å². The second-order valence-electron chi connectivity index (χ2n) is 3.74. The molecule has 3 rings (SSSR count). The molecule has 18 heavy (non-hydrogen) atoms. The molecule has 0 spiro atoms. The predicted octanol–water partition coefficient (Wildman–Crippen LogP) is -0.0617. The number of H-pyrrole nitrogens is 1. The Labute approximate surface area is 101 Å². The maximum atomic E-state index is 11.8. The van der Waals surface area contributed by atoms with Crippen LogP contribution in [0.5, 0.6) is 0 Å². The summed E-state index contributed by atoms with van der Waals surface area (Å²) in [5.41, 5.74) is 7.70. The van der Waals surface area contributed by atoms with Crippen LogP contribution in [0.4, 0.5) is 0 Å². The summed E-state index contributed by atoms with van der Waals surface area (Å²) in [7, 11) is 0. The second kappa shape index (κ2) is 4.04. The fourth-order valence-electron chi connectivity index (χ4n) is 1.71. The van der Waals surface area contributed by atoms with Crippen molar-refractivity contribution in [3.8, 4) is 11.4 Å². The van der Waals surface area contributed by atoms with Crippen molar-refractivity contribution in [3.05, 3.63) is 46.8 Å². The first-order valence-corrected chi connectivity index (χ1v) is 5.36. The number of nitrogens with one attached hydrogen (secondary N) is 1. The third-order valence-electron chi connectivity index (χ3n) is 2.55. The lowest BCUT2D eigenvalue weighted by molar-refractivity contribution is 0.870. The van der Waals surface area contributed by atoms with Crippen molar-refractivity contribution in [2.45, 2.75) is 6.54 Å². The van der Waals surface area contributed by atoms with E-state index in [0.717, 1.165) is 0 Å². The second-order valence-corrected chi connectivity index (χ2v) is 3.74. The van der Waals surface area contributed by atoms with Gasteiger partial charge in [0.2, 0.25) is 0 Å². The van der Waals surface area contributed by atoms with Crippen LogP contribution in [-0.4, -0.2) is 24.6 Å². The first-order valence-electron chi connectivity index (χ1n) is 5.36. The molecule has 0 aliphatic rings. The molecule has 0 bridgehead atoms. The molecule has 0 aromatic carbocycles. The van der Waals surface area contributed by atoms with Gasteiger partial charge in [-0.3, -0.25) is 19.9 Å². The van der Waals surface area contributed by atoms with Gasteiger partial charge in [-0.25, -0.2) is 9.50 Å². The summed E-state index contributed by atoms with van der Waals surface area (Å²) in [5, 5.41) is 2.93. The van der Waals surface area contributed by atoms with E-state index in [1.165, 1.54) is 10.6 Å². The lowest BCUT2D eigenvalue weighted by Gasteiger charge is -1.95. The molecule has 0 radical (unpaired) electrons. The Kier molecular flexibility index (Phi) is 2.38. The van der Waals surface area contributed by atoms with Gasteiger partial charge in [0.15, 0.2) is 5.65 Å². The molecule has 0 unspecified atom stereocenters. The fraction of sp³-hybridized carbons (Fsp3) is 0.0909. The van der Waals surface area contributed by atoms with Gasteiger partial charge in [-0.15, -0.1) is 0 Å². The van der Waals surface area contributed by atoms with Crippen molar-refractivity contribution in [1.82, 2.24) is 24.6 Å². The SMILES string of the molecule is NCc1cc(=O)n2[nH]c(-c3cnccn3)cc2n1. The Morgan fingerprint density at radius 1 is 1.33 bits per heavy atom. The summed E-state index contributed by atoms with van der Waals surface area (Å²) in [6.45, 7) is 0.234. The van der Waals surface area contributed by atoms with Gasteiger partial charge in [0.05, 0.1) is 17.6 Å². The van der Waals surface area contributed by atoms with Gasteiger partial charge < -0.3 is 5.73 Å². The van der Waals surface area contributed by atoms with Crippen LogP contribution in [0, 0.1) is 0 Å². The molecule has 7 heteroatoms. The summed E-state index contributed by atoms with van der Waals surface area (Å²) in [4.78, 5) is 24.2. The Bertz CT molecular complexity index is 745. The van der Waals surface area contributed by atoms with Crippen molar-refractivity contribution in [1.29, 1.82) is 0 Å². The molecule has 0 fully saturated rings. The molecule has 3 N–H and O–H groups in total. The summed E-state index contributed by atoms with van der Waals surface area (Å²) in [6.07, 6.45) is 4.78. The number of nitrogens with zero attached hydrogens (tertiary/aromatic N) is 4. The van der Waals surface area contributed by atoms with Gasteiger partial charge in [0.25, 0.3) is 5.56 Å². The number of aromatic amines is 1. The fourth-order valence-corrected chi connectivity index (χ4v) is 1.71. The number of hydrogen-bond acceptors (Lipinski definition) is 5. The van der Waals surface area contributed by atoms with Crippen LogP contribution in [0.2, 0.25) is 0 Å². The van der Waals surface area contributed by atoms with Gasteiger partial charge in [0.1, 0.15) is 5.69 Å². The quantitative estimate of drug-likeness (QED) is 0.655. The Morgan fingerprint density at radius 3 is 2.94 bits per heavy atom. The zero-order chi connectivity index (χ0) is 12.5. The van der Waals surface area contributed by atoms with Crippen molar-refractivity contribution >= 4 is 5.65 Å². The Morgan fingerprint density at radius 2 is 2.22 bits per heavy atom. The van der Waals surface area contributed by atoms with E-state index in [1.807, 2.05) is 0 Å². The Balaban J connectivity index is 2.23. The van der Waals surface area contributed by atoms with Crippen LogP contribution in [0.1, 0.15) is 5.69 Å². The minimum Gasteiger partial charge on any atom is -0.325 e. The van der Waals surface area contributed by atoms with Gasteiger partial charge in [-0.05, 0) is 0 Å². The molecule has 7 nitrogen and oxygen atoms in total. The van der Waals surface area contributed by atoms with Crippen molar-refractivity contribution in [2.24, 2.45) is 5.73 Å². The van der Waals surface area contributed by atoms with E-state index >= 15 is 0 Å². The molecule has 0 aliphatic carbocycles. The van der Waals surface area contributed by atoms with Crippen LogP contribution in [0.3, 0.4) is 0 Å². The van der Waals surface area contributed by atoms with Gasteiger partial charge >= 0.3 is 0 Å². The van der Waals surface area contributed by atoms with Crippen molar-refractivity contribution in [2.75, 3.05) is 0 Å². The highest BCUT2D eigenvalue weighted by Crippen LogP contribution is 2.14. The summed E-state index contributed by atoms with van der Waals surface area (Å²) < 4.78 is 1.35. The normalized spacial score (nSPS) is 10.9. The Hall–Kier alpha value is -2.54. The molecule has 0 saturated heterocycles. The van der Waals surface area contributed by atoms with Crippen molar-refractivity contribution < 1.29 is 0 Å². The van der Waals surface area contributed by atoms with Crippen LogP contribution in [0.15, 0.2) is 35.5 Å². The number of nitrogens with two attached hydrogens (primary N) is 1. The lowest BCUT2D eigenvalue weighted by atomic mass is 10.3. The van der Waals surface area contributed by atoms with E-state index in [0.29, 0.717) is 22.7 Å². The van der Waals surface area contributed by atoms with Gasteiger partial charge in [0, 0.05) is 31.1 Å². The van der Waals surface area contributed by atoms with Crippen LogP contribution in [0.25, 0.3) is 17.0 Å². The first-order chi connectivity index (χ1) is 8.78. The highest BCUT2D eigenvalue weighted by atomic mass is 16.1. The average molecular weight is 242 g/mol. The molecular weight excluding hydrogens is 232 g/mol. The minimum absolute atomic E-state index is 0.199. The third-order valence-corrected chi connectivity index (χ3v) is 2.55. The number of rotatable bonds is 2. The summed E-state index contributed by atoms with van der Waals surface area (Å²) in [5.74, 6) is 0. The number of aromatic nitrogens is 5. The van der Waals surface area contributed by atoms with Crippen molar-refractivity contribution in [3.63, 3.8) is 0 Å². The highest BCUT2D eigenvalue weighted by molar-refractivity contribution is 5.59. The van der Waals surface area contributed by atoms with E-state index in [4.69, 9.17) is 5.73 Å². The summed E-state index contributed by atoms with van der Waals surface area (Å²) >= 11 is 0. The molecule has 0 atom stereocenters. The van der Waals surface area contributed by atoms with Gasteiger partial charge in [-0.2, -0.15) is 0 Å². The molecular formula is C11H10N6O. The molecule has 0 saturated carbocycles. The smallest absolute Gasteiger partial charge is 0.272 e. The monoisotopic (exact) mass is 242 g/mol. The first kappa shape index (κ1) is 10.6. The molecule has 3 heterocycles. The van der Waals surface area contributed by atoms with Crippen LogP contribution < -0.4 is 11.3 Å². The topological polar surface area (TPSA) is 102 Å². The summed E-state index contributed by atoms with van der Waals surface area (Å²) in [6, 6.07) is 3.15. The van der Waals surface area contributed by atoms with E-state index < -0.39 is 0 Å². The maximum absolute atomic E-state index is 11.8. The van der Waals surface area contributed by atoms with Gasteiger partial charge in [-0.1, -0.05) is 0 Å². The van der Waals surface area contributed by atoms with E-state index in [2.05, 4.69) is 20.1 Å². The maximum Gasteiger partial charge on any atom is 0.272 e. The average Bonchev–Trinajstić information content (AvgIpc) is 2.84.